The zero-order chi connectivity index (χ0) is 11.2. The Balaban J connectivity index is 2.13. The van der Waals surface area contributed by atoms with E-state index in [-0.39, 0.29) is 11.3 Å². The second-order valence-corrected chi connectivity index (χ2v) is 6.24. The summed E-state index contributed by atoms with van der Waals surface area (Å²) in [5.74, 6) is 0.972. The Bertz CT molecular complexity index is 389. The average Bonchev–Trinajstić information content (AvgIpc) is 2.74. The highest BCUT2D eigenvalue weighted by Crippen LogP contribution is 2.48. The first-order chi connectivity index (χ1) is 6.89. The Labute approximate surface area is 94.7 Å². The Morgan fingerprint density at radius 2 is 2.20 bits per heavy atom. The van der Waals surface area contributed by atoms with Crippen LogP contribution in [0.3, 0.4) is 0 Å². The molecule has 3 heteroatoms. The predicted molar refractivity (Wildman–Crippen MR) is 62.3 cm³/mol. The molecule has 0 saturated heterocycles. The van der Waals surface area contributed by atoms with Crippen molar-refractivity contribution in [2.24, 2.45) is 5.92 Å². The molecule has 0 N–H and O–H groups in total. The van der Waals surface area contributed by atoms with Crippen molar-refractivity contribution in [2.75, 3.05) is 0 Å². The first-order valence-electron chi connectivity index (χ1n) is 5.36. The molecule has 1 saturated carbocycles. The molecule has 2 nitrogen and oxygen atoms in total. The minimum atomic E-state index is 0.128. The molecule has 0 aliphatic heterocycles. The first kappa shape index (κ1) is 10.8. The molecular weight excluding hydrogens is 206 g/mol. The molecule has 0 spiro atoms. The van der Waals surface area contributed by atoms with E-state index in [1.165, 1.54) is 5.01 Å². The van der Waals surface area contributed by atoms with E-state index in [0.717, 1.165) is 12.1 Å². The Hall–Kier alpha value is -0.700. The zero-order valence-corrected chi connectivity index (χ0v) is 10.5. The van der Waals surface area contributed by atoms with Gasteiger partial charge in [-0.1, -0.05) is 20.8 Å². The molecule has 2 atom stereocenters. The van der Waals surface area contributed by atoms with E-state index >= 15 is 0 Å². The van der Waals surface area contributed by atoms with E-state index in [1.54, 1.807) is 18.3 Å². The van der Waals surface area contributed by atoms with Crippen molar-refractivity contribution in [3.8, 4) is 0 Å². The summed E-state index contributed by atoms with van der Waals surface area (Å²) >= 11 is 1.72. The van der Waals surface area contributed by atoms with Crippen LogP contribution in [0.5, 0.6) is 0 Å². The van der Waals surface area contributed by atoms with Crippen LogP contribution >= 0.6 is 11.3 Å². The SMILES string of the molecule is CC(=O)C1CC1c1csc(C(C)(C)C)n1. The standard InChI is InChI=1S/C12H17NOS/c1-7(14)8-5-9(8)10-6-15-11(13-10)12(2,3)4/h6,8-9H,5H2,1-4H3. The van der Waals surface area contributed by atoms with Crippen molar-refractivity contribution in [2.45, 2.75) is 45.4 Å². The third kappa shape index (κ3) is 2.12. The van der Waals surface area contributed by atoms with E-state index in [0.29, 0.717) is 11.7 Å². The van der Waals surface area contributed by atoms with Crippen molar-refractivity contribution >= 4 is 17.1 Å². The highest BCUT2D eigenvalue weighted by atomic mass is 32.1. The van der Waals surface area contributed by atoms with Gasteiger partial charge in [-0.15, -0.1) is 11.3 Å². The molecule has 82 valence electrons. The number of Topliss-reactive ketones (excluding diaryl/α,β-unsaturated/α-hetero) is 1. The second-order valence-electron chi connectivity index (χ2n) is 5.39. The topological polar surface area (TPSA) is 30.0 Å². The van der Waals surface area contributed by atoms with Crippen molar-refractivity contribution in [1.82, 2.24) is 4.98 Å². The van der Waals surface area contributed by atoms with Gasteiger partial charge in [0.1, 0.15) is 5.78 Å². The van der Waals surface area contributed by atoms with Gasteiger partial charge < -0.3 is 0 Å². The summed E-state index contributed by atoms with van der Waals surface area (Å²) < 4.78 is 0. The summed E-state index contributed by atoms with van der Waals surface area (Å²) in [5, 5.41) is 3.29. The number of ketones is 1. The molecule has 1 aromatic heterocycles. The van der Waals surface area contributed by atoms with Gasteiger partial charge >= 0.3 is 0 Å². The van der Waals surface area contributed by atoms with Gasteiger partial charge in [-0.25, -0.2) is 4.98 Å². The molecule has 2 unspecified atom stereocenters. The normalized spacial score (nSPS) is 25.3. The lowest BCUT2D eigenvalue weighted by Crippen LogP contribution is -2.10. The Morgan fingerprint density at radius 1 is 1.53 bits per heavy atom. The second kappa shape index (κ2) is 3.41. The number of carbonyl (C=O) groups excluding carboxylic acids is 1. The molecule has 0 bridgehead atoms. The zero-order valence-electron chi connectivity index (χ0n) is 9.70. The molecule has 2 rings (SSSR count). The number of nitrogens with zero attached hydrogens (tertiary/aromatic N) is 1. The predicted octanol–water partition coefficient (Wildman–Crippen LogP) is 3.13. The summed E-state index contributed by atoms with van der Waals surface area (Å²) in [6, 6.07) is 0. The monoisotopic (exact) mass is 223 g/mol. The highest BCUT2D eigenvalue weighted by Gasteiger charge is 2.43. The number of rotatable bonds is 2. The maximum Gasteiger partial charge on any atom is 0.133 e. The van der Waals surface area contributed by atoms with Crippen LogP contribution in [0.25, 0.3) is 0 Å². The third-order valence-corrected chi connectivity index (χ3v) is 4.14. The molecule has 1 aromatic rings. The van der Waals surface area contributed by atoms with E-state index in [1.807, 2.05) is 0 Å². The number of hydrogen-bond donors (Lipinski definition) is 0. The molecule has 1 aliphatic rings. The molecular formula is C12H17NOS. The van der Waals surface area contributed by atoms with Gasteiger partial charge in [-0.05, 0) is 13.3 Å². The fraction of sp³-hybridized carbons (Fsp3) is 0.667. The van der Waals surface area contributed by atoms with Gasteiger partial charge in [0.2, 0.25) is 0 Å². The lowest BCUT2D eigenvalue weighted by atomic mass is 9.98. The van der Waals surface area contributed by atoms with Crippen LogP contribution in [0.4, 0.5) is 0 Å². The summed E-state index contributed by atoms with van der Waals surface area (Å²) in [6.45, 7) is 8.20. The average molecular weight is 223 g/mol. The summed E-state index contributed by atoms with van der Waals surface area (Å²) in [6.07, 6.45) is 1.00. The highest BCUT2D eigenvalue weighted by molar-refractivity contribution is 7.09. The van der Waals surface area contributed by atoms with Crippen LogP contribution in [0.1, 0.15) is 50.7 Å². The fourth-order valence-electron chi connectivity index (χ4n) is 1.77. The maximum absolute atomic E-state index is 11.2. The van der Waals surface area contributed by atoms with E-state index in [2.05, 4.69) is 31.1 Å². The third-order valence-electron chi connectivity index (χ3n) is 2.86. The van der Waals surface area contributed by atoms with Crippen molar-refractivity contribution < 1.29 is 4.79 Å². The van der Waals surface area contributed by atoms with Gasteiger partial charge in [-0.3, -0.25) is 4.79 Å². The van der Waals surface area contributed by atoms with Crippen LogP contribution in [-0.4, -0.2) is 10.8 Å². The van der Waals surface area contributed by atoms with E-state index in [4.69, 9.17) is 0 Å². The molecule has 0 amide bonds. The number of thiazole rings is 1. The van der Waals surface area contributed by atoms with Gasteiger partial charge in [-0.2, -0.15) is 0 Å². The van der Waals surface area contributed by atoms with Crippen molar-refractivity contribution in [3.05, 3.63) is 16.1 Å². The van der Waals surface area contributed by atoms with Crippen LogP contribution < -0.4 is 0 Å². The van der Waals surface area contributed by atoms with E-state index < -0.39 is 0 Å². The number of aromatic nitrogens is 1. The summed E-state index contributed by atoms with van der Waals surface area (Å²) in [5.41, 5.74) is 1.26. The van der Waals surface area contributed by atoms with Crippen LogP contribution in [0.15, 0.2) is 5.38 Å². The van der Waals surface area contributed by atoms with Gasteiger partial charge in [0.25, 0.3) is 0 Å². The maximum atomic E-state index is 11.2. The lowest BCUT2D eigenvalue weighted by molar-refractivity contribution is -0.118. The molecule has 1 aliphatic carbocycles. The molecule has 1 fully saturated rings. The van der Waals surface area contributed by atoms with Gasteiger partial charge in [0, 0.05) is 22.6 Å². The summed E-state index contributed by atoms with van der Waals surface area (Å²) in [7, 11) is 0. The minimum Gasteiger partial charge on any atom is -0.300 e. The minimum absolute atomic E-state index is 0.128. The lowest BCUT2D eigenvalue weighted by Gasteiger charge is -2.13. The quantitative estimate of drug-likeness (QED) is 0.771. The molecule has 0 radical (unpaired) electrons. The van der Waals surface area contributed by atoms with Gasteiger partial charge in [0.05, 0.1) is 10.7 Å². The molecule has 15 heavy (non-hydrogen) atoms. The molecule has 0 aromatic carbocycles. The number of carbonyl (C=O) groups is 1. The van der Waals surface area contributed by atoms with Gasteiger partial charge in [0.15, 0.2) is 0 Å². The Kier molecular flexibility index (Phi) is 2.45. The van der Waals surface area contributed by atoms with Crippen LogP contribution in [-0.2, 0) is 10.2 Å². The van der Waals surface area contributed by atoms with Crippen LogP contribution in [0, 0.1) is 5.92 Å². The first-order valence-corrected chi connectivity index (χ1v) is 6.24. The van der Waals surface area contributed by atoms with Crippen molar-refractivity contribution in [3.63, 3.8) is 0 Å². The largest absolute Gasteiger partial charge is 0.300 e. The number of hydrogen-bond acceptors (Lipinski definition) is 3. The van der Waals surface area contributed by atoms with Crippen molar-refractivity contribution in [1.29, 1.82) is 0 Å². The smallest absolute Gasteiger partial charge is 0.133 e. The summed E-state index contributed by atoms with van der Waals surface area (Å²) in [4.78, 5) is 15.8. The Morgan fingerprint density at radius 3 is 2.60 bits per heavy atom. The van der Waals surface area contributed by atoms with Crippen LogP contribution in [0.2, 0.25) is 0 Å². The molecule has 1 heterocycles. The fourth-order valence-corrected chi connectivity index (χ4v) is 2.74. The van der Waals surface area contributed by atoms with E-state index in [9.17, 15) is 4.79 Å².